The van der Waals surface area contributed by atoms with Crippen LogP contribution in [-0.2, 0) is 7.05 Å². The number of nitrogens with zero attached hydrogens (tertiary/aromatic N) is 2. The topological polar surface area (TPSA) is 44.1 Å². The smallest absolute Gasteiger partial charge is 0.191 e. The average molecular weight is 228 g/mol. The van der Waals surface area contributed by atoms with Gasteiger partial charge in [-0.2, -0.15) is 5.10 Å². The zero-order chi connectivity index (χ0) is 11.8. The van der Waals surface area contributed by atoms with Gasteiger partial charge in [-0.05, 0) is 12.1 Å². The highest BCUT2D eigenvalue weighted by Gasteiger charge is 2.31. The van der Waals surface area contributed by atoms with E-state index in [4.69, 9.17) is 4.74 Å². The summed E-state index contributed by atoms with van der Waals surface area (Å²) in [5.74, 6) is 0.671. The highest BCUT2D eigenvalue weighted by Crippen LogP contribution is 2.35. The SMILES string of the molecule is Cn1nccc1C(=O)C1COc2ccccc21. The first-order valence-corrected chi connectivity index (χ1v) is 5.51. The molecule has 4 heteroatoms. The molecule has 0 fully saturated rings. The van der Waals surface area contributed by atoms with Crippen LogP contribution in [0, 0.1) is 0 Å². The van der Waals surface area contributed by atoms with Crippen LogP contribution in [0.25, 0.3) is 0 Å². The van der Waals surface area contributed by atoms with Gasteiger partial charge in [-0.1, -0.05) is 18.2 Å². The number of hydrogen-bond donors (Lipinski definition) is 0. The molecule has 1 aliphatic rings. The van der Waals surface area contributed by atoms with Gasteiger partial charge in [-0.25, -0.2) is 0 Å². The molecule has 2 aromatic rings. The molecule has 1 aliphatic heterocycles. The Bertz CT molecular complexity index is 574. The maximum Gasteiger partial charge on any atom is 0.191 e. The average Bonchev–Trinajstić information content (AvgIpc) is 2.94. The molecule has 3 rings (SSSR count). The van der Waals surface area contributed by atoms with E-state index in [1.807, 2.05) is 24.3 Å². The lowest BCUT2D eigenvalue weighted by Crippen LogP contribution is -2.17. The third kappa shape index (κ3) is 1.53. The van der Waals surface area contributed by atoms with Crippen LogP contribution < -0.4 is 4.74 Å². The summed E-state index contributed by atoms with van der Waals surface area (Å²) < 4.78 is 7.12. The van der Waals surface area contributed by atoms with Crippen molar-refractivity contribution in [1.82, 2.24) is 9.78 Å². The number of ether oxygens (including phenoxy) is 1. The third-order valence-electron chi connectivity index (χ3n) is 3.09. The molecule has 0 saturated heterocycles. The summed E-state index contributed by atoms with van der Waals surface area (Å²) in [7, 11) is 1.77. The lowest BCUT2D eigenvalue weighted by Gasteiger charge is -2.07. The zero-order valence-corrected chi connectivity index (χ0v) is 9.46. The molecule has 0 N–H and O–H groups in total. The van der Waals surface area contributed by atoms with Crippen molar-refractivity contribution >= 4 is 5.78 Å². The van der Waals surface area contributed by atoms with E-state index in [1.165, 1.54) is 0 Å². The highest BCUT2D eigenvalue weighted by molar-refractivity contribution is 6.00. The van der Waals surface area contributed by atoms with Crippen LogP contribution in [0.5, 0.6) is 5.75 Å². The second kappa shape index (κ2) is 3.73. The normalized spacial score (nSPS) is 17.6. The van der Waals surface area contributed by atoms with Gasteiger partial charge in [-0.3, -0.25) is 9.48 Å². The fraction of sp³-hybridized carbons (Fsp3) is 0.231. The standard InChI is InChI=1S/C13H12N2O2/c1-15-11(6-7-14-15)13(16)10-8-17-12-5-3-2-4-9(10)12/h2-7,10H,8H2,1H3. The summed E-state index contributed by atoms with van der Waals surface area (Å²) in [6.07, 6.45) is 1.63. The van der Waals surface area contributed by atoms with E-state index in [0.29, 0.717) is 12.3 Å². The molecule has 17 heavy (non-hydrogen) atoms. The summed E-state index contributed by atoms with van der Waals surface area (Å²) in [5.41, 5.74) is 1.59. The molecular weight excluding hydrogens is 216 g/mol. The van der Waals surface area contributed by atoms with Crippen molar-refractivity contribution in [3.63, 3.8) is 0 Å². The molecular formula is C13H12N2O2. The molecule has 1 unspecified atom stereocenters. The van der Waals surface area contributed by atoms with Crippen molar-refractivity contribution in [3.05, 3.63) is 47.8 Å². The zero-order valence-electron chi connectivity index (χ0n) is 9.46. The van der Waals surface area contributed by atoms with E-state index in [2.05, 4.69) is 5.10 Å². The number of benzene rings is 1. The van der Waals surface area contributed by atoms with Crippen molar-refractivity contribution < 1.29 is 9.53 Å². The highest BCUT2D eigenvalue weighted by atomic mass is 16.5. The van der Waals surface area contributed by atoms with Crippen molar-refractivity contribution in [1.29, 1.82) is 0 Å². The molecule has 1 aromatic heterocycles. The van der Waals surface area contributed by atoms with Crippen molar-refractivity contribution in [2.24, 2.45) is 7.05 Å². The van der Waals surface area contributed by atoms with Crippen LogP contribution in [0.4, 0.5) is 0 Å². The van der Waals surface area contributed by atoms with Crippen molar-refractivity contribution in [2.45, 2.75) is 5.92 Å². The fourth-order valence-corrected chi connectivity index (χ4v) is 2.17. The summed E-state index contributed by atoms with van der Waals surface area (Å²) in [4.78, 5) is 12.4. The molecule has 0 spiro atoms. The van der Waals surface area contributed by atoms with Crippen LogP contribution in [0.1, 0.15) is 22.0 Å². The monoisotopic (exact) mass is 228 g/mol. The second-order valence-electron chi connectivity index (χ2n) is 4.11. The second-order valence-corrected chi connectivity index (χ2v) is 4.11. The Kier molecular flexibility index (Phi) is 2.21. The molecule has 4 nitrogen and oxygen atoms in total. The Morgan fingerprint density at radius 3 is 3.00 bits per heavy atom. The molecule has 2 heterocycles. The van der Waals surface area contributed by atoms with Crippen LogP contribution in [0.3, 0.4) is 0 Å². The van der Waals surface area contributed by atoms with Gasteiger partial charge in [0.15, 0.2) is 5.78 Å². The molecule has 0 radical (unpaired) electrons. The Morgan fingerprint density at radius 1 is 1.41 bits per heavy atom. The van der Waals surface area contributed by atoms with Crippen LogP contribution in [0.15, 0.2) is 36.5 Å². The number of para-hydroxylation sites is 1. The molecule has 86 valence electrons. The van der Waals surface area contributed by atoms with Gasteiger partial charge in [0, 0.05) is 18.8 Å². The van der Waals surface area contributed by atoms with Crippen LogP contribution in [-0.4, -0.2) is 22.2 Å². The number of aryl methyl sites for hydroxylation is 1. The summed E-state index contributed by atoms with van der Waals surface area (Å²) in [5, 5.41) is 4.02. The molecule has 1 atom stereocenters. The number of carbonyl (C=O) groups excluding carboxylic acids is 1. The minimum Gasteiger partial charge on any atom is -0.492 e. The molecule has 0 aliphatic carbocycles. The number of aromatic nitrogens is 2. The van der Waals surface area contributed by atoms with E-state index in [-0.39, 0.29) is 11.7 Å². The minimum absolute atomic E-state index is 0.0648. The van der Waals surface area contributed by atoms with E-state index in [0.717, 1.165) is 11.3 Å². The van der Waals surface area contributed by atoms with Gasteiger partial charge in [0.1, 0.15) is 18.1 Å². The summed E-state index contributed by atoms with van der Waals surface area (Å²) in [6.45, 7) is 0.420. The minimum atomic E-state index is -0.207. The largest absolute Gasteiger partial charge is 0.492 e. The Morgan fingerprint density at radius 2 is 2.24 bits per heavy atom. The van der Waals surface area contributed by atoms with Crippen LogP contribution >= 0.6 is 0 Å². The molecule has 1 aromatic carbocycles. The Hall–Kier alpha value is -2.10. The molecule has 0 bridgehead atoms. The van der Waals surface area contributed by atoms with Crippen molar-refractivity contribution in [2.75, 3.05) is 6.61 Å². The van der Waals surface area contributed by atoms with E-state index >= 15 is 0 Å². The Balaban J connectivity index is 1.98. The number of carbonyl (C=O) groups is 1. The van der Waals surface area contributed by atoms with Gasteiger partial charge in [-0.15, -0.1) is 0 Å². The fourth-order valence-electron chi connectivity index (χ4n) is 2.17. The number of rotatable bonds is 2. The predicted octanol–water partition coefficient (Wildman–Crippen LogP) is 1.78. The van der Waals surface area contributed by atoms with E-state index in [1.54, 1.807) is 24.0 Å². The lowest BCUT2D eigenvalue weighted by molar-refractivity contribution is 0.0938. The van der Waals surface area contributed by atoms with Gasteiger partial charge < -0.3 is 4.74 Å². The Labute approximate surface area is 98.8 Å². The van der Waals surface area contributed by atoms with Crippen LogP contribution in [0.2, 0.25) is 0 Å². The van der Waals surface area contributed by atoms with E-state index in [9.17, 15) is 4.79 Å². The number of Topliss-reactive ketones (excluding diaryl/α,β-unsaturated/α-hetero) is 1. The van der Waals surface area contributed by atoms with Gasteiger partial charge in [0.05, 0.1) is 5.92 Å². The van der Waals surface area contributed by atoms with Gasteiger partial charge in [0.25, 0.3) is 0 Å². The summed E-state index contributed by atoms with van der Waals surface area (Å²) >= 11 is 0. The maximum absolute atomic E-state index is 12.4. The number of hydrogen-bond acceptors (Lipinski definition) is 3. The first-order valence-electron chi connectivity index (χ1n) is 5.51. The summed E-state index contributed by atoms with van der Waals surface area (Å²) in [6, 6.07) is 9.42. The van der Waals surface area contributed by atoms with E-state index < -0.39 is 0 Å². The first kappa shape index (κ1) is 10.1. The first-order chi connectivity index (χ1) is 8.27. The lowest BCUT2D eigenvalue weighted by atomic mass is 9.95. The van der Waals surface area contributed by atoms with Gasteiger partial charge in [0.2, 0.25) is 0 Å². The number of ketones is 1. The predicted molar refractivity (Wildman–Crippen MR) is 62.2 cm³/mol. The maximum atomic E-state index is 12.4. The molecule has 0 saturated carbocycles. The quantitative estimate of drug-likeness (QED) is 0.736. The van der Waals surface area contributed by atoms with Crippen molar-refractivity contribution in [3.8, 4) is 5.75 Å². The number of fused-ring (bicyclic) bond motifs is 1. The van der Waals surface area contributed by atoms with Gasteiger partial charge >= 0.3 is 0 Å². The molecule has 0 amide bonds. The third-order valence-corrected chi connectivity index (χ3v) is 3.09.